The molecule has 0 radical (unpaired) electrons. The van der Waals surface area contributed by atoms with Crippen molar-refractivity contribution in [2.45, 2.75) is 51.4 Å². The second kappa shape index (κ2) is 7.04. The summed E-state index contributed by atoms with van der Waals surface area (Å²) in [5.41, 5.74) is 3.13. The minimum absolute atomic E-state index is 0.237. The van der Waals surface area contributed by atoms with E-state index in [0.29, 0.717) is 5.92 Å². The zero-order chi connectivity index (χ0) is 17.1. The van der Waals surface area contributed by atoms with Gasteiger partial charge < -0.3 is 0 Å². The number of unbranched alkanes of at least 4 members (excludes halogenated alkanes) is 3. The minimum atomic E-state index is 0.237. The van der Waals surface area contributed by atoms with E-state index in [-0.39, 0.29) is 5.41 Å². The zero-order valence-corrected chi connectivity index (χ0v) is 15.2. The van der Waals surface area contributed by atoms with Crippen molar-refractivity contribution in [1.82, 2.24) is 0 Å². The van der Waals surface area contributed by atoms with Gasteiger partial charge in [0.25, 0.3) is 0 Å². The maximum Gasteiger partial charge on any atom is 0.0122 e. The molecule has 0 nitrogen and oxygen atoms in total. The molecule has 128 valence electrons. The third-order valence-corrected chi connectivity index (χ3v) is 6.06. The van der Waals surface area contributed by atoms with E-state index in [2.05, 4.69) is 79.8 Å². The molecule has 2 aliphatic carbocycles. The molecular weight excluding hydrogens is 300 g/mol. The summed E-state index contributed by atoms with van der Waals surface area (Å²) in [5.74, 6) is 0.480. The van der Waals surface area contributed by atoms with Gasteiger partial charge in [0.2, 0.25) is 0 Å². The molecule has 2 atom stereocenters. The van der Waals surface area contributed by atoms with Crippen molar-refractivity contribution in [2.75, 3.05) is 0 Å². The van der Waals surface area contributed by atoms with Gasteiger partial charge in [0, 0.05) is 11.3 Å². The highest BCUT2D eigenvalue weighted by molar-refractivity contribution is 5.95. The highest BCUT2D eigenvalue weighted by Gasteiger charge is 2.37. The molecule has 0 bridgehead atoms. The third-order valence-electron chi connectivity index (χ3n) is 6.06. The maximum absolute atomic E-state index is 2.50. The van der Waals surface area contributed by atoms with Crippen LogP contribution in [0.15, 0.2) is 66.8 Å². The van der Waals surface area contributed by atoms with Crippen molar-refractivity contribution in [3.63, 3.8) is 0 Å². The molecule has 0 N–H and O–H groups in total. The standard InChI is InChI=1S/C25H28/c1-2-3-4-6-17-25(18-7-5-8-19-25)23-16-15-21-12-9-11-20-13-10-14-22(23)24(20)21/h5,7-16,18,23H,2-4,6,17,19H2,1H3. The lowest BCUT2D eigenvalue weighted by atomic mass is 9.63. The predicted octanol–water partition coefficient (Wildman–Crippen LogP) is 7.42. The highest BCUT2D eigenvalue weighted by Crippen LogP contribution is 2.51. The van der Waals surface area contributed by atoms with Gasteiger partial charge in [-0.3, -0.25) is 0 Å². The molecule has 25 heavy (non-hydrogen) atoms. The maximum atomic E-state index is 2.50. The molecule has 2 aliphatic rings. The lowest BCUT2D eigenvalue weighted by Gasteiger charge is -2.40. The van der Waals surface area contributed by atoms with Crippen LogP contribution in [-0.2, 0) is 0 Å². The fourth-order valence-corrected chi connectivity index (χ4v) is 4.74. The van der Waals surface area contributed by atoms with Gasteiger partial charge in [0.1, 0.15) is 0 Å². The quantitative estimate of drug-likeness (QED) is 0.484. The van der Waals surface area contributed by atoms with Crippen LogP contribution in [0.1, 0.15) is 62.5 Å². The van der Waals surface area contributed by atoms with E-state index < -0.39 is 0 Å². The van der Waals surface area contributed by atoms with Gasteiger partial charge in [-0.1, -0.05) is 105 Å². The van der Waals surface area contributed by atoms with E-state index in [1.807, 2.05) is 0 Å². The van der Waals surface area contributed by atoms with Crippen molar-refractivity contribution in [2.24, 2.45) is 5.41 Å². The Hall–Kier alpha value is -2.08. The lowest BCUT2D eigenvalue weighted by molar-refractivity contribution is 0.301. The monoisotopic (exact) mass is 328 g/mol. The molecule has 0 fully saturated rings. The number of benzene rings is 2. The van der Waals surface area contributed by atoms with Gasteiger partial charge in [-0.05, 0) is 34.7 Å². The Kier molecular flexibility index (Phi) is 4.61. The largest absolute Gasteiger partial charge is 0.0837 e. The van der Waals surface area contributed by atoms with Crippen molar-refractivity contribution < 1.29 is 0 Å². The lowest BCUT2D eigenvalue weighted by Crippen LogP contribution is -2.28. The smallest absolute Gasteiger partial charge is 0.0122 e. The van der Waals surface area contributed by atoms with Crippen LogP contribution in [0, 0.1) is 5.41 Å². The molecular formula is C25H28. The average molecular weight is 328 g/mol. The molecule has 2 aromatic rings. The van der Waals surface area contributed by atoms with E-state index in [1.165, 1.54) is 54.0 Å². The van der Waals surface area contributed by atoms with Crippen molar-refractivity contribution >= 4 is 16.8 Å². The normalized spacial score (nSPS) is 24.1. The zero-order valence-electron chi connectivity index (χ0n) is 15.2. The Labute approximate surface area is 152 Å². The summed E-state index contributed by atoms with van der Waals surface area (Å²) in [7, 11) is 0. The fourth-order valence-electron chi connectivity index (χ4n) is 4.74. The van der Waals surface area contributed by atoms with E-state index in [0.717, 1.165) is 6.42 Å². The molecule has 0 aliphatic heterocycles. The molecule has 0 saturated carbocycles. The molecule has 0 amide bonds. The van der Waals surface area contributed by atoms with Crippen LogP contribution in [0.4, 0.5) is 0 Å². The molecule has 0 heteroatoms. The Balaban J connectivity index is 1.74. The van der Waals surface area contributed by atoms with Gasteiger partial charge in [-0.15, -0.1) is 0 Å². The Bertz CT molecular complexity index is 831. The molecule has 0 heterocycles. The van der Waals surface area contributed by atoms with Crippen LogP contribution in [0.5, 0.6) is 0 Å². The van der Waals surface area contributed by atoms with Crippen molar-refractivity contribution in [1.29, 1.82) is 0 Å². The SMILES string of the molecule is CCCCCCC1(C2C=Cc3cccc4cccc2c34)C=CC=CC1. The molecule has 2 aromatic carbocycles. The van der Waals surface area contributed by atoms with Gasteiger partial charge in [-0.25, -0.2) is 0 Å². The summed E-state index contributed by atoms with van der Waals surface area (Å²) in [6, 6.07) is 13.5. The molecule has 2 unspecified atom stereocenters. The van der Waals surface area contributed by atoms with E-state index in [9.17, 15) is 0 Å². The van der Waals surface area contributed by atoms with Crippen LogP contribution < -0.4 is 0 Å². The summed E-state index contributed by atoms with van der Waals surface area (Å²) >= 11 is 0. The topological polar surface area (TPSA) is 0 Å². The fraction of sp³-hybridized carbons (Fsp3) is 0.360. The number of hydrogen-bond acceptors (Lipinski definition) is 0. The first-order valence-electron chi connectivity index (χ1n) is 9.88. The Morgan fingerprint density at radius 3 is 2.68 bits per heavy atom. The summed E-state index contributed by atoms with van der Waals surface area (Å²) in [6.45, 7) is 2.29. The van der Waals surface area contributed by atoms with Crippen LogP contribution >= 0.6 is 0 Å². The third kappa shape index (κ3) is 2.99. The van der Waals surface area contributed by atoms with Gasteiger partial charge in [-0.2, -0.15) is 0 Å². The molecule has 0 spiro atoms. The number of hydrogen-bond donors (Lipinski definition) is 0. The number of allylic oxidation sites excluding steroid dienone is 5. The number of rotatable bonds is 6. The second-order valence-corrected chi connectivity index (χ2v) is 7.66. The summed E-state index contributed by atoms with van der Waals surface area (Å²) < 4.78 is 0. The van der Waals surface area contributed by atoms with E-state index in [1.54, 1.807) is 0 Å². The van der Waals surface area contributed by atoms with Gasteiger partial charge in [0.15, 0.2) is 0 Å². The van der Waals surface area contributed by atoms with Crippen LogP contribution in [0.3, 0.4) is 0 Å². The first-order valence-corrected chi connectivity index (χ1v) is 9.88. The first-order chi connectivity index (χ1) is 12.3. The van der Waals surface area contributed by atoms with E-state index in [4.69, 9.17) is 0 Å². The summed E-state index contributed by atoms with van der Waals surface area (Å²) in [5, 5.41) is 2.84. The van der Waals surface area contributed by atoms with Crippen LogP contribution in [0.25, 0.3) is 16.8 Å². The Morgan fingerprint density at radius 2 is 1.88 bits per heavy atom. The predicted molar refractivity (Wildman–Crippen MR) is 110 cm³/mol. The van der Waals surface area contributed by atoms with Crippen molar-refractivity contribution in [3.05, 3.63) is 77.9 Å². The minimum Gasteiger partial charge on any atom is -0.0837 e. The van der Waals surface area contributed by atoms with Gasteiger partial charge in [0.05, 0.1) is 0 Å². The highest BCUT2D eigenvalue weighted by atomic mass is 14.4. The second-order valence-electron chi connectivity index (χ2n) is 7.66. The molecule has 0 saturated heterocycles. The Morgan fingerprint density at radius 1 is 1.00 bits per heavy atom. The van der Waals surface area contributed by atoms with Crippen LogP contribution in [0.2, 0.25) is 0 Å². The molecule has 4 rings (SSSR count). The summed E-state index contributed by atoms with van der Waals surface area (Å²) in [6.07, 6.45) is 22.0. The first kappa shape index (κ1) is 16.4. The van der Waals surface area contributed by atoms with E-state index >= 15 is 0 Å². The van der Waals surface area contributed by atoms with Gasteiger partial charge >= 0.3 is 0 Å². The average Bonchev–Trinajstić information content (AvgIpc) is 2.67. The molecule has 0 aromatic heterocycles. The van der Waals surface area contributed by atoms with Crippen molar-refractivity contribution in [3.8, 4) is 0 Å². The van der Waals surface area contributed by atoms with Crippen LogP contribution in [-0.4, -0.2) is 0 Å². The summed E-state index contributed by atoms with van der Waals surface area (Å²) in [4.78, 5) is 0.